The van der Waals surface area contributed by atoms with Crippen LogP contribution in [0.1, 0.15) is 5.69 Å². The van der Waals surface area contributed by atoms with Crippen LogP contribution in [-0.4, -0.2) is 34.3 Å². The van der Waals surface area contributed by atoms with Crippen LogP contribution in [-0.2, 0) is 0 Å². The first-order valence-corrected chi connectivity index (χ1v) is 9.15. The molecule has 4 aromatic rings. The summed E-state index contributed by atoms with van der Waals surface area (Å²) in [6.45, 7) is 1.98. The highest BCUT2D eigenvalue weighted by molar-refractivity contribution is 7.80. The Labute approximate surface area is 168 Å². The Morgan fingerprint density at radius 2 is 2.00 bits per heavy atom. The summed E-state index contributed by atoms with van der Waals surface area (Å²) in [5, 5.41) is 11.6. The van der Waals surface area contributed by atoms with Gasteiger partial charge in [0.25, 0.3) is 0 Å². The Kier molecular flexibility index (Phi) is 4.79. The van der Waals surface area contributed by atoms with Crippen molar-refractivity contribution in [2.24, 2.45) is 0 Å². The van der Waals surface area contributed by atoms with E-state index in [4.69, 9.17) is 4.74 Å². The maximum absolute atomic E-state index is 5.39. The number of fused-ring (bicyclic) bond motifs is 1. The zero-order chi connectivity index (χ0) is 19.7. The summed E-state index contributed by atoms with van der Waals surface area (Å²) in [5.41, 5.74) is 3.72. The van der Waals surface area contributed by atoms with Gasteiger partial charge in [-0.1, -0.05) is 0 Å². The quantitative estimate of drug-likeness (QED) is 0.435. The van der Waals surface area contributed by atoms with Crippen molar-refractivity contribution in [1.29, 1.82) is 0 Å². The summed E-state index contributed by atoms with van der Waals surface area (Å²) in [6.07, 6.45) is 1.72. The fourth-order valence-electron chi connectivity index (χ4n) is 3.00. The summed E-state index contributed by atoms with van der Waals surface area (Å²) >= 11 is 4.39. The SMILES string of the molecule is COc1ccc(S)cc1Nc1nccc(N(C)c2ccc3c(C)n[nH]c3c2)n1. The van der Waals surface area contributed by atoms with Crippen LogP contribution in [0.3, 0.4) is 0 Å². The van der Waals surface area contributed by atoms with Crippen molar-refractivity contribution in [3.63, 3.8) is 0 Å². The second-order valence-corrected chi connectivity index (χ2v) is 6.86. The van der Waals surface area contributed by atoms with Crippen molar-refractivity contribution in [2.75, 3.05) is 24.4 Å². The molecule has 0 amide bonds. The van der Waals surface area contributed by atoms with Crippen molar-refractivity contribution in [3.05, 3.63) is 54.4 Å². The Balaban J connectivity index is 1.63. The third-order valence-corrected chi connectivity index (χ3v) is 4.82. The number of rotatable bonds is 5. The van der Waals surface area contributed by atoms with Gasteiger partial charge in [-0.05, 0) is 49.4 Å². The molecule has 0 aliphatic carbocycles. The predicted octanol–water partition coefficient (Wildman–Crippen LogP) is 4.47. The van der Waals surface area contributed by atoms with Gasteiger partial charge < -0.3 is 15.0 Å². The molecule has 0 saturated heterocycles. The Morgan fingerprint density at radius 3 is 2.82 bits per heavy atom. The molecule has 0 bridgehead atoms. The van der Waals surface area contributed by atoms with E-state index < -0.39 is 0 Å². The minimum atomic E-state index is 0.472. The Hall–Kier alpha value is -3.26. The second-order valence-electron chi connectivity index (χ2n) is 6.35. The van der Waals surface area contributed by atoms with Crippen molar-refractivity contribution < 1.29 is 4.74 Å². The highest BCUT2D eigenvalue weighted by atomic mass is 32.1. The van der Waals surface area contributed by atoms with E-state index in [0.717, 1.165) is 38.7 Å². The largest absolute Gasteiger partial charge is 0.495 e. The molecule has 28 heavy (non-hydrogen) atoms. The van der Waals surface area contributed by atoms with Crippen LogP contribution in [0.2, 0.25) is 0 Å². The summed E-state index contributed by atoms with van der Waals surface area (Å²) in [5.74, 6) is 1.93. The second kappa shape index (κ2) is 7.40. The molecule has 0 aliphatic rings. The lowest BCUT2D eigenvalue weighted by Crippen LogP contribution is -2.12. The number of nitrogens with one attached hydrogen (secondary N) is 2. The smallest absolute Gasteiger partial charge is 0.229 e. The lowest BCUT2D eigenvalue weighted by molar-refractivity contribution is 0.416. The van der Waals surface area contributed by atoms with Gasteiger partial charge in [0.2, 0.25) is 5.95 Å². The number of methoxy groups -OCH3 is 1. The van der Waals surface area contributed by atoms with Gasteiger partial charge in [0.1, 0.15) is 11.6 Å². The number of anilines is 4. The first-order valence-electron chi connectivity index (χ1n) is 8.70. The molecule has 7 nitrogen and oxygen atoms in total. The van der Waals surface area contributed by atoms with Crippen molar-refractivity contribution >= 4 is 46.7 Å². The van der Waals surface area contributed by atoms with Gasteiger partial charge in [0.15, 0.2) is 0 Å². The topological polar surface area (TPSA) is 79.0 Å². The molecular formula is C20H20N6OS. The van der Waals surface area contributed by atoms with E-state index in [1.807, 2.05) is 49.2 Å². The van der Waals surface area contributed by atoms with Crippen molar-refractivity contribution in [1.82, 2.24) is 20.2 Å². The molecule has 2 aromatic carbocycles. The molecule has 0 spiro atoms. The number of hydrogen-bond acceptors (Lipinski definition) is 7. The third kappa shape index (κ3) is 3.46. The molecule has 8 heteroatoms. The van der Waals surface area contributed by atoms with Crippen molar-refractivity contribution in [3.8, 4) is 5.75 Å². The molecule has 2 N–H and O–H groups in total. The summed E-state index contributed by atoms with van der Waals surface area (Å²) in [7, 11) is 3.59. The van der Waals surface area contributed by atoms with E-state index in [1.165, 1.54) is 0 Å². The van der Waals surface area contributed by atoms with Crippen LogP contribution in [0.5, 0.6) is 5.75 Å². The Morgan fingerprint density at radius 1 is 1.14 bits per heavy atom. The lowest BCUT2D eigenvalue weighted by atomic mass is 10.2. The highest BCUT2D eigenvalue weighted by Crippen LogP contribution is 2.30. The van der Waals surface area contributed by atoms with Crippen molar-refractivity contribution in [2.45, 2.75) is 11.8 Å². The summed E-state index contributed by atoms with van der Waals surface area (Å²) in [6, 6.07) is 13.6. The Bertz CT molecular complexity index is 1140. The number of aromatic nitrogens is 4. The normalized spacial score (nSPS) is 10.9. The van der Waals surface area contributed by atoms with Crippen LogP contribution in [0.4, 0.5) is 23.1 Å². The first-order chi connectivity index (χ1) is 13.5. The average Bonchev–Trinajstić information content (AvgIpc) is 3.08. The average molecular weight is 392 g/mol. The van der Waals surface area contributed by atoms with E-state index >= 15 is 0 Å². The van der Waals surface area contributed by atoms with E-state index in [1.54, 1.807) is 13.3 Å². The maximum atomic E-state index is 5.39. The number of nitrogens with zero attached hydrogens (tertiary/aromatic N) is 4. The molecule has 0 aliphatic heterocycles. The number of H-pyrrole nitrogens is 1. The highest BCUT2D eigenvalue weighted by Gasteiger charge is 2.11. The van der Waals surface area contributed by atoms with Crippen LogP contribution in [0, 0.1) is 6.92 Å². The standard InChI is InChI=1S/C20H20N6OS/c1-12-15-6-4-13(10-16(15)25-24-12)26(2)19-8-9-21-20(23-19)22-17-11-14(28)5-7-18(17)27-3/h4-11,28H,1-3H3,(H,24,25)(H,21,22,23). The van der Waals surface area contributed by atoms with E-state index in [2.05, 4.69) is 50.2 Å². The molecular weight excluding hydrogens is 372 g/mol. The molecule has 142 valence electrons. The number of thiol groups is 1. The lowest BCUT2D eigenvalue weighted by Gasteiger charge is -2.19. The molecule has 0 unspecified atom stereocenters. The van der Waals surface area contributed by atoms with Crippen LogP contribution in [0.15, 0.2) is 53.6 Å². The van der Waals surface area contributed by atoms with Crippen LogP contribution in [0.25, 0.3) is 10.9 Å². The van der Waals surface area contributed by atoms with Crippen LogP contribution < -0.4 is 15.0 Å². The first kappa shape index (κ1) is 18.1. The van der Waals surface area contributed by atoms with Gasteiger partial charge in [-0.25, -0.2) is 4.98 Å². The summed E-state index contributed by atoms with van der Waals surface area (Å²) in [4.78, 5) is 11.8. The van der Waals surface area contributed by atoms with Gasteiger partial charge in [0, 0.05) is 29.2 Å². The maximum Gasteiger partial charge on any atom is 0.229 e. The number of ether oxygens (including phenoxy) is 1. The van der Waals surface area contributed by atoms with Gasteiger partial charge in [-0.15, -0.1) is 12.6 Å². The van der Waals surface area contributed by atoms with E-state index in [-0.39, 0.29) is 0 Å². The van der Waals surface area contributed by atoms with Crippen LogP contribution >= 0.6 is 12.6 Å². The number of aromatic amines is 1. The van der Waals surface area contributed by atoms with E-state index in [9.17, 15) is 0 Å². The zero-order valence-corrected chi connectivity index (χ0v) is 16.7. The molecule has 4 rings (SSSR count). The molecule has 0 radical (unpaired) electrons. The van der Waals surface area contributed by atoms with Gasteiger partial charge in [-0.3, -0.25) is 5.10 Å². The molecule has 0 atom stereocenters. The van der Waals surface area contributed by atoms with Gasteiger partial charge in [0.05, 0.1) is 24.0 Å². The minimum Gasteiger partial charge on any atom is -0.495 e. The fourth-order valence-corrected chi connectivity index (χ4v) is 3.20. The number of hydrogen-bond donors (Lipinski definition) is 3. The van der Waals surface area contributed by atoms with Gasteiger partial charge in [-0.2, -0.15) is 10.1 Å². The zero-order valence-electron chi connectivity index (χ0n) is 15.8. The van der Waals surface area contributed by atoms with Gasteiger partial charge >= 0.3 is 0 Å². The number of aryl methyl sites for hydroxylation is 1. The molecule has 0 saturated carbocycles. The molecule has 2 aromatic heterocycles. The number of benzene rings is 2. The third-order valence-electron chi connectivity index (χ3n) is 4.54. The molecule has 0 fully saturated rings. The monoisotopic (exact) mass is 392 g/mol. The predicted molar refractivity (Wildman–Crippen MR) is 114 cm³/mol. The minimum absolute atomic E-state index is 0.472. The molecule has 2 heterocycles. The fraction of sp³-hybridized carbons (Fsp3) is 0.150. The summed E-state index contributed by atoms with van der Waals surface area (Å²) < 4.78 is 5.39. The van der Waals surface area contributed by atoms with E-state index in [0.29, 0.717) is 11.7 Å².